The maximum Gasteiger partial charge on any atom is 0.417 e. The Labute approximate surface area is 127 Å². The van der Waals surface area contributed by atoms with Gasteiger partial charge in [-0.3, -0.25) is 4.79 Å². The second kappa shape index (κ2) is 6.34. The number of hydrogen-bond acceptors (Lipinski definition) is 2. The van der Waals surface area contributed by atoms with Gasteiger partial charge >= 0.3 is 6.18 Å². The number of rotatable bonds is 4. The Kier molecular flexibility index (Phi) is 4.72. The van der Waals surface area contributed by atoms with E-state index in [1.54, 1.807) is 0 Å². The number of nitrogens with one attached hydrogen (secondary N) is 1. The SMILES string of the molecule is O=c1ccc(C(F)(F)F)cn1CCNc1cccc(Br)c1. The van der Waals surface area contributed by atoms with Crippen molar-refractivity contribution in [3.63, 3.8) is 0 Å². The maximum absolute atomic E-state index is 12.6. The molecule has 0 radical (unpaired) electrons. The molecule has 0 saturated heterocycles. The monoisotopic (exact) mass is 360 g/mol. The minimum atomic E-state index is -4.45. The molecule has 0 unspecified atom stereocenters. The van der Waals surface area contributed by atoms with Crippen LogP contribution in [0, 0.1) is 0 Å². The molecule has 0 atom stereocenters. The lowest BCUT2D eigenvalue weighted by Gasteiger charge is -2.12. The summed E-state index contributed by atoms with van der Waals surface area (Å²) in [5.41, 5.74) is -0.465. The van der Waals surface area contributed by atoms with Crippen molar-refractivity contribution in [3.05, 3.63) is 63.0 Å². The number of halogens is 4. The normalized spacial score (nSPS) is 11.4. The third-order valence-corrected chi connectivity index (χ3v) is 3.31. The Morgan fingerprint density at radius 1 is 1.19 bits per heavy atom. The molecular weight excluding hydrogens is 349 g/mol. The molecule has 0 aliphatic heterocycles. The third kappa shape index (κ3) is 4.35. The van der Waals surface area contributed by atoms with E-state index < -0.39 is 17.3 Å². The summed E-state index contributed by atoms with van der Waals surface area (Å²) in [4.78, 5) is 11.6. The van der Waals surface area contributed by atoms with Crippen molar-refractivity contribution in [2.75, 3.05) is 11.9 Å². The molecule has 0 aliphatic carbocycles. The first kappa shape index (κ1) is 15.6. The van der Waals surface area contributed by atoms with E-state index in [-0.39, 0.29) is 6.54 Å². The molecule has 0 fully saturated rings. The highest BCUT2D eigenvalue weighted by molar-refractivity contribution is 9.10. The van der Waals surface area contributed by atoms with Crippen LogP contribution < -0.4 is 10.9 Å². The first-order valence-corrected chi connectivity index (χ1v) is 6.93. The van der Waals surface area contributed by atoms with E-state index in [1.165, 1.54) is 0 Å². The Balaban J connectivity index is 2.05. The first-order valence-electron chi connectivity index (χ1n) is 6.13. The lowest BCUT2D eigenvalue weighted by atomic mass is 10.2. The second-order valence-electron chi connectivity index (χ2n) is 4.38. The molecule has 3 nitrogen and oxygen atoms in total. The maximum atomic E-state index is 12.6. The predicted octanol–water partition coefficient (Wildman–Crippen LogP) is 3.74. The minimum Gasteiger partial charge on any atom is -0.383 e. The molecule has 1 N–H and O–H groups in total. The summed E-state index contributed by atoms with van der Waals surface area (Å²) in [7, 11) is 0. The number of alkyl halides is 3. The van der Waals surface area contributed by atoms with Crippen molar-refractivity contribution in [2.45, 2.75) is 12.7 Å². The molecule has 1 aromatic carbocycles. The summed E-state index contributed by atoms with van der Waals surface area (Å²) >= 11 is 3.32. The Morgan fingerprint density at radius 3 is 2.62 bits per heavy atom. The van der Waals surface area contributed by atoms with Crippen LogP contribution in [0.1, 0.15) is 5.56 Å². The lowest BCUT2D eigenvalue weighted by Crippen LogP contribution is -2.24. The van der Waals surface area contributed by atoms with E-state index >= 15 is 0 Å². The van der Waals surface area contributed by atoms with Crippen LogP contribution in [0.15, 0.2) is 51.9 Å². The van der Waals surface area contributed by atoms with Crippen molar-refractivity contribution in [2.24, 2.45) is 0 Å². The van der Waals surface area contributed by atoms with E-state index in [1.807, 2.05) is 24.3 Å². The average Bonchev–Trinajstić information content (AvgIpc) is 2.39. The van der Waals surface area contributed by atoms with Gasteiger partial charge in [0.25, 0.3) is 5.56 Å². The summed E-state index contributed by atoms with van der Waals surface area (Å²) in [5, 5.41) is 3.05. The van der Waals surface area contributed by atoms with Gasteiger partial charge in [-0.2, -0.15) is 13.2 Å². The quantitative estimate of drug-likeness (QED) is 0.900. The molecule has 0 bridgehead atoms. The highest BCUT2D eigenvalue weighted by Gasteiger charge is 2.30. The molecule has 7 heteroatoms. The van der Waals surface area contributed by atoms with Gasteiger partial charge < -0.3 is 9.88 Å². The van der Waals surface area contributed by atoms with E-state index in [4.69, 9.17) is 0 Å². The molecular formula is C14H12BrF3N2O. The average molecular weight is 361 g/mol. The zero-order chi connectivity index (χ0) is 15.5. The summed E-state index contributed by atoms with van der Waals surface area (Å²) in [6, 6.07) is 9.10. The standard InChI is InChI=1S/C14H12BrF3N2O/c15-11-2-1-3-12(8-11)19-6-7-20-9-10(14(16,17)18)4-5-13(20)21/h1-5,8-9,19H,6-7H2. The number of benzene rings is 1. The van der Waals surface area contributed by atoms with Gasteiger partial charge in [-0.05, 0) is 24.3 Å². The second-order valence-corrected chi connectivity index (χ2v) is 5.30. The number of anilines is 1. The van der Waals surface area contributed by atoms with E-state index in [0.29, 0.717) is 6.54 Å². The molecule has 21 heavy (non-hydrogen) atoms. The highest BCUT2D eigenvalue weighted by Crippen LogP contribution is 2.27. The fraction of sp³-hybridized carbons (Fsp3) is 0.214. The van der Waals surface area contributed by atoms with Gasteiger partial charge in [0.1, 0.15) is 0 Å². The molecule has 0 amide bonds. The molecule has 112 valence electrons. The fourth-order valence-corrected chi connectivity index (χ4v) is 2.19. The van der Waals surface area contributed by atoms with Crippen LogP contribution >= 0.6 is 15.9 Å². The van der Waals surface area contributed by atoms with Gasteiger partial charge in [0, 0.05) is 35.5 Å². The molecule has 1 heterocycles. The summed E-state index contributed by atoms with van der Waals surface area (Å²) in [6.45, 7) is 0.493. The van der Waals surface area contributed by atoms with Crippen LogP contribution in [0.5, 0.6) is 0 Å². The molecule has 0 spiro atoms. The van der Waals surface area contributed by atoms with Gasteiger partial charge in [0.15, 0.2) is 0 Å². The van der Waals surface area contributed by atoms with Gasteiger partial charge in [-0.25, -0.2) is 0 Å². The number of hydrogen-bond donors (Lipinski definition) is 1. The molecule has 2 rings (SSSR count). The zero-order valence-corrected chi connectivity index (χ0v) is 12.4. The van der Waals surface area contributed by atoms with E-state index in [2.05, 4.69) is 21.2 Å². The molecule has 1 aromatic heterocycles. The molecule has 0 saturated carbocycles. The summed E-state index contributed by atoms with van der Waals surface area (Å²) in [6.07, 6.45) is -3.61. The first-order chi connectivity index (χ1) is 9.86. The largest absolute Gasteiger partial charge is 0.417 e. The van der Waals surface area contributed by atoms with Crippen LogP contribution in [0.3, 0.4) is 0 Å². The predicted molar refractivity (Wildman–Crippen MR) is 78.3 cm³/mol. The molecule has 2 aromatic rings. The number of nitrogens with zero attached hydrogens (tertiary/aromatic N) is 1. The third-order valence-electron chi connectivity index (χ3n) is 2.82. The Bertz CT molecular complexity index is 682. The number of aromatic nitrogens is 1. The highest BCUT2D eigenvalue weighted by atomic mass is 79.9. The zero-order valence-electron chi connectivity index (χ0n) is 10.8. The van der Waals surface area contributed by atoms with Crippen LogP contribution in [0.2, 0.25) is 0 Å². The molecule has 0 aliphatic rings. The van der Waals surface area contributed by atoms with Gasteiger partial charge in [0.05, 0.1) is 5.56 Å². The van der Waals surface area contributed by atoms with Gasteiger partial charge in [-0.1, -0.05) is 22.0 Å². The summed E-state index contributed by atoms with van der Waals surface area (Å²) < 4.78 is 39.7. The summed E-state index contributed by atoms with van der Waals surface area (Å²) in [5.74, 6) is 0. The lowest BCUT2D eigenvalue weighted by molar-refractivity contribution is -0.138. The van der Waals surface area contributed by atoms with Crippen LogP contribution in [-0.2, 0) is 12.7 Å². The topological polar surface area (TPSA) is 34.0 Å². The Hall–Kier alpha value is -1.76. The van der Waals surface area contributed by atoms with Gasteiger partial charge in [0.2, 0.25) is 0 Å². The van der Waals surface area contributed by atoms with Crippen LogP contribution in [-0.4, -0.2) is 11.1 Å². The van der Waals surface area contributed by atoms with E-state index in [9.17, 15) is 18.0 Å². The van der Waals surface area contributed by atoms with Crippen molar-refractivity contribution >= 4 is 21.6 Å². The number of pyridine rings is 1. The minimum absolute atomic E-state index is 0.148. The van der Waals surface area contributed by atoms with Crippen molar-refractivity contribution in [1.82, 2.24) is 4.57 Å². The van der Waals surface area contributed by atoms with Crippen molar-refractivity contribution in [3.8, 4) is 0 Å². The van der Waals surface area contributed by atoms with Crippen LogP contribution in [0.25, 0.3) is 0 Å². The smallest absolute Gasteiger partial charge is 0.383 e. The van der Waals surface area contributed by atoms with Gasteiger partial charge in [-0.15, -0.1) is 0 Å². The fourth-order valence-electron chi connectivity index (χ4n) is 1.79. The van der Waals surface area contributed by atoms with Crippen LogP contribution in [0.4, 0.5) is 18.9 Å². The van der Waals surface area contributed by atoms with E-state index in [0.717, 1.165) is 33.1 Å². The van der Waals surface area contributed by atoms with Crippen molar-refractivity contribution < 1.29 is 13.2 Å². The Morgan fingerprint density at radius 2 is 1.95 bits per heavy atom. The van der Waals surface area contributed by atoms with Crippen molar-refractivity contribution in [1.29, 1.82) is 0 Å².